The van der Waals surface area contributed by atoms with E-state index in [-0.39, 0.29) is 18.0 Å². The molecule has 0 radical (unpaired) electrons. The van der Waals surface area contributed by atoms with E-state index in [1.165, 1.54) is 16.8 Å². The average Bonchev–Trinajstić information content (AvgIpc) is 3.39. The fourth-order valence-electron chi connectivity index (χ4n) is 3.57. The second-order valence-electron chi connectivity index (χ2n) is 7.28. The lowest BCUT2D eigenvalue weighted by molar-refractivity contribution is -0.130. The SMILES string of the molecule is C[C@@H](NC(=O)c1cccn(CC(=O)N2CCCC2)c1=O)c1nc2ccccc2[nH]1. The molecule has 1 saturated heterocycles. The highest BCUT2D eigenvalue weighted by Gasteiger charge is 2.21. The summed E-state index contributed by atoms with van der Waals surface area (Å²) in [6.07, 6.45) is 3.52. The van der Waals surface area contributed by atoms with Crippen LogP contribution in [0.25, 0.3) is 11.0 Å². The van der Waals surface area contributed by atoms with Crippen LogP contribution < -0.4 is 10.9 Å². The predicted molar refractivity (Wildman–Crippen MR) is 108 cm³/mol. The fourth-order valence-corrected chi connectivity index (χ4v) is 3.57. The third-order valence-corrected chi connectivity index (χ3v) is 5.19. The number of nitrogens with one attached hydrogen (secondary N) is 2. The number of rotatable bonds is 5. The lowest BCUT2D eigenvalue weighted by atomic mass is 10.2. The van der Waals surface area contributed by atoms with Crippen LogP contribution >= 0.6 is 0 Å². The van der Waals surface area contributed by atoms with Crippen molar-refractivity contribution in [3.63, 3.8) is 0 Å². The van der Waals surface area contributed by atoms with E-state index in [2.05, 4.69) is 15.3 Å². The molecule has 0 aliphatic carbocycles. The largest absolute Gasteiger partial charge is 0.342 e. The molecule has 1 atom stereocenters. The zero-order valence-electron chi connectivity index (χ0n) is 16.2. The van der Waals surface area contributed by atoms with Crippen molar-refractivity contribution in [3.05, 3.63) is 64.3 Å². The smallest absolute Gasteiger partial charge is 0.263 e. The van der Waals surface area contributed by atoms with Gasteiger partial charge in [0.15, 0.2) is 0 Å². The molecule has 1 aromatic carbocycles. The summed E-state index contributed by atoms with van der Waals surface area (Å²) in [6.45, 7) is 3.19. The maximum atomic E-state index is 12.7. The number of pyridine rings is 1. The second kappa shape index (κ2) is 7.90. The predicted octanol–water partition coefficient (Wildman–Crippen LogP) is 1.84. The highest BCUT2D eigenvalue weighted by atomic mass is 16.2. The van der Waals surface area contributed by atoms with Crippen molar-refractivity contribution in [1.82, 2.24) is 24.8 Å². The van der Waals surface area contributed by atoms with Gasteiger partial charge in [0.05, 0.1) is 17.1 Å². The molecule has 0 bridgehead atoms. The minimum atomic E-state index is -0.495. The van der Waals surface area contributed by atoms with Gasteiger partial charge in [0.1, 0.15) is 17.9 Å². The van der Waals surface area contributed by atoms with Gasteiger partial charge in [0, 0.05) is 19.3 Å². The molecule has 3 heterocycles. The number of benzene rings is 1. The molecule has 8 heteroatoms. The number of aromatic nitrogens is 3. The summed E-state index contributed by atoms with van der Waals surface area (Å²) in [5.41, 5.74) is 1.22. The summed E-state index contributed by atoms with van der Waals surface area (Å²) >= 11 is 0. The standard InChI is InChI=1S/C21H23N5O3/c1-14(19-23-16-8-2-3-9-17(16)24-19)22-20(28)15-7-6-12-26(21(15)29)13-18(27)25-10-4-5-11-25/h2-3,6-9,12,14H,4-5,10-11,13H2,1H3,(H,22,28)(H,23,24)/t14-/m1/s1. The third kappa shape index (κ3) is 3.91. The number of amides is 2. The Labute approximate surface area is 167 Å². The molecule has 8 nitrogen and oxygen atoms in total. The normalized spacial score (nSPS) is 14.9. The molecule has 2 amide bonds. The molecule has 3 aromatic rings. The Morgan fingerprint density at radius 3 is 2.69 bits per heavy atom. The minimum Gasteiger partial charge on any atom is -0.342 e. The first-order valence-corrected chi connectivity index (χ1v) is 9.75. The number of para-hydroxylation sites is 2. The van der Waals surface area contributed by atoms with Crippen molar-refractivity contribution in [1.29, 1.82) is 0 Å². The first-order chi connectivity index (χ1) is 14.0. The molecule has 0 spiro atoms. The Morgan fingerprint density at radius 1 is 1.17 bits per heavy atom. The number of hydrogen-bond donors (Lipinski definition) is 2. The van der Waals surface area contributed by atoms with Gasteiger partial charge in [-0.2, -0.15) is 0 Å². The highest BCUT2D eigenvalue weighted by Crippen LogP contribution is 2.15. The van der Waals surface area contributed by atoms with Gasteiger partial charge in [0.25, 0.3) is 11.5 Å². The van der Waals surface area contributed by atoms with Gasteiger partial charge in [-0.3, -0.25) is 14.4 Å². The number of carbonyl (C=O) groups is 2. The Morgan fingerprint density at radius 2 is 1.93 bits per heavy atom. The van der Waals surface area contributed by atoms with Gasteiger partial charge in [-0.25, -0.2) is 4.98 Å². The summed E-state index contributed by atoms with van der Waals surface area (Å²) in [6, 6.07) is 10.3. The van der Waals surface area contributed by atoms with E-state index in [1.54, 1.807) is 17.9 Å². The number of H-pyrrole nitrogens is 1. The molecule has 29 heavy (non-hydrogen) atoms. The van der Waals surface area contributed by atoms with Gasteiger partial charge >= 0.3 is 0 Å². The zero-order chi connectivity index (χ0) is 20.4. The topological polar surface area (TPSA) is 100 Å². The molecule has 1 fully saturated rings. The van der Waals surface area contributed by atoms with Crippen LogP contribution in [-0.2, 0) is 11.3 Å². The van der Waals surface area contributed by atoms with Crippen molar-refractivity contribution in [2.45, 2.75) is 32.4 Å². The van der Waals surface area contributed by atoms with Crippen LogP contribution in [-0.4, -0.2) is 44.3 Å². The molecule has 1 aliphatic rings. The monoisotopic (exact) mass is 393 g/mol. The second-order valence-corrected chi connectivity index (χ2v) is 7.28. The molecule has 2 aromatic heterocycles. The van der Waals surface area contributed by atoms with E-state index >= 15 is 0 Å². The summed E-state index contributed by atoms with van der Waals surface area (Å²) in [7, 11) is 0. The van der Waals surface area contributed by atoms with Crippen LogP contribution in [0, 0.1) is 0 Å². The van der Waals surface area contributed by atoms with E-state index in [0.717, 1.165) is 37.0 Å². The van der Waals surface area contributed by atoms with Crippen LogP contribution in [0.5, 0.6) is 0 Å². The lowest BCUT2D eigenvalue weighted by Crippen LogP contribution is -2.38. The first-order valence-electron chi connectivity index (χ1n) is 9.75. The Bertz CT molecular complexity index is 1080. The van der Waals surface area contributed by atoms with Gasteiger partial charge in [0.2, 0.25) is 5.91 Å². The van der Waals surface area contributed by atoms with E-state index in [4.69, 9.17) is 0 Å². The summed E-state index contributed by atoms with van der Waals surface area (Å²) in [4.78, 5) is 47.2. The Hall–Kier alpha value is -3.42. The quantitative estimate of drug-likeness (QED) is 0.691. The fraction of sp³-hybridized carbons (Fsp3) is 0.333. The maximum absolute atomic E-state index is 12.7. The molecule has 150 valence electrons. The molecule has 0 saturated carbocycles. The van der Waals surface area contributed by atoms with Crippen LogP contribution in [0.2, 0.25) is 0 Å². The molecule has 4 rings (SSSR count). The van der Waals surface area contributed by atoms with E-state index < -0.39 is 17.5 Å². The van der Waals surface area contributed by atoms with Crippen LogP contribution in [0.1, 0.15) is 42.0 Å². The van der Waals surface area contributed by atoms with Crippen molar-refractivity contribution < 1.29 is 9.59 Å². The number of nitrogens with zero attached hydrogens (tertiary/aromatic N) is 3. The van der Waals surface area contributed by atoms with E-state index in [0.29, 0.717) is 5.82 Å². The third-order valence-electron chi connectivity index (χ3n) is 5.19. The molecular weight excluding hydrogens is 370 g/mol. The summed E-state index contributed by atoms with van der Waals surface area (Å²) in [5.74, 6) is 0.0174. The zero-order valence-corrected chi connectivity index (χ0v) is 16.2. The molecule has 1 aliphatic heterocycles. The number of carbonyl (C=O) groups excluding carboxylic acids is 2. The summed E-state index contributed by atoms with van der Waals surface area (Å²) < 4.78 is 1.29. The first kappa shape index (κ1) is 18.9. The number of aromatic amines is 1. The average molecular weight is 393 g/mol. The van der Waals surface area contributed by atoms with Crippen LogP contribution in [0.4, 0.5) is 0 Å². The van der Waals surface area contributed by atoms with E-state index in [9.17, 15) is 14.4 Å². The van der Waals surface area contributed by atoms with Gasteiger partial charge in [-0.05, 0) is 44.0 Å². The lowest BCUT2D eigenvalue weighted by Gasteiger charge is -2.16. The molecule has 2 N–H and O–H groups in total. The highest BCUT2D eigenvalue weighted by molar-refractivity contribution is 5.94. The number of hydrogen-bond acceptors (Lipinski definition) is 4. The van der Waals surface area contributed by atoms with Crippen molar-refractivity contribution in [2.24, 2.45) is 0 Å². The van der Waals surface area contributed by atoms with Crippen LogP contribution in [0.15, 0.2) is 47.4 Å². The van der Waals surface area contributed by atoms with Crippen molar-refractivity contribution in [2.75, 3.05) is 13.1 Å². The van der Waals surface area contributed by atoms with Crippen molar-refractivity contribution >= 4 is 22.8 Å². The van der Waals surface area contributed by atoms with Gasteiger partial charge in [-0.1, -0.05) is 12.1 Å². The van der Waals surface area contributed by atoms with Crippen molar-refractivity contribution in [3.8, 4) is 0 Å². The van der Waals surface area contributed by atoms with E-state index in [1.807, 2.05) is 24.3 Å². The Kier molecular flexibility index (Phi) is 5.16. The molecular formula is C21H23N5O3. The number of fused-ring (bicyclic) bond motifs is 1. The minimum absolute atomic E-state index is 0.00434. The van der Waals surface area contributed by atoms with Crippen LogP contribution in [0.3, 0.4) is 0 Å². The maximum Gasteiger partial charge on any atom is 0.263 e. The number of likely N-dealkylation sites (tertiary alicyclic amines) is 1. The summed E-state index contributed by atoms with van der Waals surface area (Å²) in [5, 5.41) is 2.81. The van der Waals surface area contributed by atoms with Gasteiger partial charge < -0.3 is 19.8 Å². The Balaban J connectivity index is 1.49. The number of imidazole rings is 1. The van der Waals surface area contributed by atoms with Gasteiger partial charge in [-0.15, -0.1) is 0 Å². The molecule has 0 unspecified atom stereocenters.